The van der Waals surface area contributed by atoms with Crippen molar-refractivity contribution in [1.29, 1.82) is 0 Å². The fraction of sp³-hybridized carbons (Fsp3) is 0.500. The molecule has 5 heteroatoms. The summed E-state index contributed by atoms with van der Waals surface area (Å²) in [6.07, 6.45) is 4.26. The molecule has 2 atom stereocenters. The normalized spacial score (nSPS) is 26.7. The summed E-state index contributed by atoms with van der Waals surface area (Å²) in [5, 5.41) is 0. The average molecular weight is 207 g/mol. The van der Waals surface area contributed by atoms with Gasteiger partial charge < -0.3 is 22.1 Å². The summed E-state index contributed by atoms with van der Waals surface area (Å²) in [5.41, 5.74) is 19.4. The van der Waals surface area contributed by atoms with E-state index in [0.717, 1.165) is 25.2 Å². The maximum atomic E-state index is 5.92. The summed E-state index contributed by atoms with van der Waals surface area (Å²) in [7, 11) is 0. The highest BCUT2D eigenvalue weighted by molar-refractivity contribution is 5.66. The number of aromatic nitrogens is 1. The summed E-state index contributed by atoms with van der Waals surface area (Å²) in [6.45, 7) is 1.61. The zero-order valence-electron chi connectivity index (χ0n) is 8.63. The van der Waals surface area contributed by atoms with Crippen LogP contribution in [0.25, 0.3) is 0 Å². The molecule has 1 saturated heterocycles. The van der Waals surface area contributed by atoms with Gasteiger partial charge in [-0.2, -0.15) is 0 Å². The van der Waals surface area contributed by atoms with Crippen LogP contribution in [0.3, 0.4) is 0 Å². The van der Waals surface area contributed by atoms with Crippen molar-refractivity contribution in [2.24, 2.45) is 11.5 Å². The van der Waals surface area contributed by atoms with Gasteiger partial charge >= 0.3 is 0 Å². The van der Waals surface area contributed by atoms with Crippen LogP contribution in [0.4, 0.5) is 11.4 Å². The van der Waals surface area contributed by atoms with E-state index >= 15 is 0 Å². The molecule has 0 amide bonds. The Morgan fingerprint density at radius 1 is 1.27 bits per heavy atom. The van der Waals surface area contributed by atoms with Crippen molar-refractivity contribution >= 4 is 11.4 Å². The van der Waals surface area contributed by atoms with Crippen molar-refractivity contribution in [1.82, 2.24) is 4.98 Å². The molecule has 1 fully saturated rings. The Balaban J connectivity index is 2.20. The Bertz CT molecular complexity index is 330. The van der Waals surface area contributed by atoms with Gasteiger partial charge in [-0.25, -0.2) is 0 Å². The van der Waals surface area contributed by atoms with E-state index in [1.54, 1.807) is 12.4 Å². The summed E-state index contributed by atoms with van der Waals surface area (Å²) >= 11 is 0. The molecule has 0 saturated carbocycles. The van der Waals surface area contributed by atoms with Gasteiger partial charge in [0.1, 0.15) is 0 Å². The predicted octanol–water partition coefficient (Wildman–Crippen LogP) is -0.471. The lowest BCUT2D eigenvalue weighted by molar-refractivity contribution is 0.452. The van der Waals surface area contributed by atoms with E-state index in [1.165, 1.54) is 0 Å². The zero-order chi connectivity index (χ0) is 10.8. The Kier molecular flexibility index (Phi) is 2.75. The molecule has 15 heavy (non-hydrogen) atoms. The van der Waals surface area contributed by atoms with E-state index in [9.17, 15) is 0 Å². The minimum atomic E-state index is 0.126. The second kappa shape index (κ2) is 4.04. The number of nitrogens with two attached hydrogens (primary N) is 3. The SMILES string of the molecule is Nc1cnccc1N1CC(N)CC(N)C1. The van der Waals surface area contributed by atoms with Crippen LogP contribution in [0, 0.1) is 0 Å². The van der Waals surface area contributed by atoms with Gasteiger partial charge in [-0.3, -0.25) is 4.98 Å². The smallest absolute Gasteiger partial charge is 0.0738 e. The van der Waals surface area contributed by atoms with Crippen LogP contribution in [-0.2, 0) is 0 Å². The first-order valence-electron chi connectivity index (χ1n) is 5.12. The van der Waals surface area contributed by atoms with Gasteiger partial charge in [0, 0.05) is 31.4 Å². The fourth-order valence-electron chi connectivity index (χ4n) is 2.06. The van der Waals surface area contributed by atoms with Crippen LogP contribution in [0.5, 0.6) is 0 Å². The van der Waals surface area contributed by atoms with Gasteiger partial charge in [0.15, 0.2) is 0 Å². The standard InChI is InChI=1S/C10H17N5/c11-7-3-8(12)6-15(5-7)10-1-2-14-4-9(10)13/h1-2,4,7-8H,3,5-6,11-13H2. The number of piperidine rings is 1. The minimum Gasteiger partial charge on any atom is -0.396 e. The molecule has 2 heterocycles. The number of anilines is 2. The molecule has 0 spiro atoms. The molecule has 0 aliphatic carbocycles. The molecular weight excluding hydrogens is 190 g/mol. The van der Waals surface area contributed by atoms with Crippen LogP contribution < -0.4 is 22.1 Å². The number of hydrogen-bond acceptors (Lipinski definition) is 5. The second-order valence-electron chi connectivity index (χ2n) is 4.10. The first-order chi connectivity index (χ1) is 7.16. The molecule has 82 valence electrons. The van der Waals surface area contributed by atoms with Crippen molar-refractivity contribution in [3.63, 3.8) is 0 Å². The highest BCUT2D eigenvalue weighted by Gasteiger charge is 2.23. The molecule has 2 rings (SSSR count). The number of nitrogens with zero attached hydrogens (tertiary/aromatic N) is 2. The Morgan fingerprint density at radius 2 is 1.93 bits per heavy atom. The van der Waals surface area contributed by atoms with E-state index in [4.69, 9.17) is 17.2 Å². The van der Waals surface area contributed by atoms with Crippen molar-refractivity contribution < 1.29 is 0 Å². The van der Waals surface area contributed by atoms with E-state index in [-0.39, 0.29) is 12.1 Å². The largest absolute Gasteiger partial charge is 0.396 e. The van der Waals surface area contributed by atoms with Crippen LogP contribution in [-0.4, -0.2) is 30.2 Å². The molecule has 6 N–H and O–H groups in total. The topological polar surface area (TPSA) is 94.2 Å². The average Bonchev–Trinajstić information content (AvgIpc) is 2.16. The Morgan fingerprint density at radius 3 is 2.53 bits per heavy atom. The van der Waals surface area contributed by atoms with Gasteiger partial charge in [-0.15, -0.1) is 0 Å². The fourth-order valence-corrected chi connectivity index (χ4v) is 2.06. The number of pyridine rings is 1. The van der Waals surface area contributed by atoms with Gasteiger partial charge in [0.05, 0.1) is 17.6 Å². The first kappa shape index (κ1) is 10.2. The summed E-state index contributed by atoms with van der Waals surface area (Å²) < 4.78 is 0. The molecule has 1 aliphatic rings. The van der Waals surface area contributed by atoms with Crippen LogP contribution in [0.2, 0.25) is 0 Å². The van der Waals surface area contributed by atoms with Gasteiger partial charge in [0.25, 0.3) is 0 Å². The molecule has 1 aliphatic heterocycles. The molecule has 0 radical (unpaired) electrons. The quantitative estimate of drug-likeness (QED) is 0.578. The lowest BCUT2D eigenvalue weighted by atomic mass is 10.0. The molecule has 0 bridgehead atoms. The molecular formula is C10H17N5. The first-order valence-corrected chi connectivity index (χ1v) is 5.12. The molecule has 5 nitrogen and oxygen atoms in total. The maximum Gasteiger partial charge on any atom is 0.0738 e. The molecule has 2 unspecified atom stereocenters. The van der Waals surface area contributed by atoms with Crippen molar-refractivity contribution in [2.75, 3.05) is 23.7 Å². The van der Waals surface area contributed by atoms with Crippen molar-refractivity contribution in [2.45, 2.75) is 18.5 Å². The third-order valence-electron chi connectivity index (χ3n) is 2.68. The molecule has 1 aromatic rings. The van der Waals surface area contributed by atoms with Gasteiger partial charge in [-0.1, -0.05) is 0 Å². The Hall–Kier alpha value is -1.33. The maximum absolute atomic E-state index is 5.92. The minimum absolute atomic E-state index is 0.126. The van der Waals surface area contributed by atoms with E-state index in [0.29, 0.717) is 5.69 Å². The van der Waals surface area contributed by atoms with Crippen molar-refractivity contribution in [3.8, 4) is 0 Å². The number of nitrogen functional groups attached to an aromatic ring is 1. The number of hydrogen-bond donors (Lipinski definition) is 3. The Labute approximate surface area is 89.2 Å². The third kappa shape index (κ3) is 2.19. The number of rotatable bonds is 1. The lowest BCUT2D eigenvalue weighted by Crippen LogP contribution is -2.52. The highest BCUT2D eigenvalue weighted by atomic mass is 15.2. The monoisotopic (exact) mass is 207 g/mol. The zero-order valence-corrected chi connectivity index (χ0v) is 8.63. The van der Waals surface area contributed by atoms with E-state index < -0.39 is 0 Å². The van der Waals surface area contributed by atoms with Gasteiger partial charge in [-0.05, 0) is 12.5 Å². The predicted molar refractivity (Wildman–Crippen MR) is 61.4 cm³/mol. The molecule has 1 aromatic heterocycles. The van der Waals surface area contributed by atoms with E-state index in [2.05, 4.69) is 9.88 Å². The van der Waals surface area contributed by atoms with Crippen LogP contribution in [0.15, 0.2) is 18.5 Å². The van der Waals surface area contributed by atoms with E-state index in [1.807, 2.05) is 6.07 Å². The summed E-state index contributed by atoms with van der Waals surface area (Å²) in [6, 6.07) is 2.16. The highest BCUT2D eigenvalue weighted by Crippen LogP contribution is 2.24. The summed E-state index contributed by atoms with van der Waals surface area (Å²) in [4.78, 5) is 6.10. The van der Waals surface area contributed by atoms with Crippen LogP contribution >= 0.6 is 0 Å². The van der Waals surface area contributed by atoms with Gasteiger partial charge in [0.2, 0.25) is 0 Å². The second-order valence-corrected chi connectivity index (χ2v) is 4.10. The summed E-state index contributed by atoms with van der Waals surface area (Å²) in [5.74, 6) is 0. The van der Waals surface area contributed by atoms with Crippen LogP contribution in [0.1, 0.15) is 6.42 Å². The third-order valence-corrected chi connectivity index (χ3v) is 2.68. The lowest BCUT2D eigenvalue weighted by Gasteiger charge is -2.36. The molecule has 0 aromatic carbocycles. The van der Waals surface area contributed by atoms with Crippen molar-refractivity contribution in [3.05, 3.63) is 18.5 Å².